The summed E-state index contributed by atoms with van der Waals surface area (Å²) < 4.78 is 0. The summed E-state index contributed by atoms with van der Waals surface area (Å²) in [5.74, 6) is -0.0210. The minimum atomic E-state index is -0.0210. The Morgan fingerprint density at radius 1 is 1.05 bits per heavy atom. The van der Waals surface area contributed by atoms with E-state index in [1.54, 1.807) is 24.3 Å². The first-order valence-corrected chi connectivity index (χ1v) is 7.87. The van der Waals surface area contributed by atoms with Gasteiger partial charge in [0.25, 0.3) is 0 Å². The number of hydrogen-bond donors (Lipinski definition) is 1. The molecular weight excluding hydrogens is 325 g/mol. The average molecular weight is 336 g/mol. The van der Waals surface area contributed by atoms with Crippen LogP contribution in [0.2, 0.25) is 10.0 Å². The van der Waals surface area contributed by atoms with Gasteiger partial charge in [0, 0.05) is 26.2 Å². The topological polar surface area (TPSA) is 29.1 Å². The molecule has 1 heterocycles. The Morgan fingerprint density at radius 2 is 1.71 bits per heavy atom. The maximum absolute atomic E-state index is 12.6. The Morgan fingerprint density at radius 3 is 2.43 bits per heavy atom. The van der Waals surface area contributed by atoms with E-state index in [1.807, 2.05) is 25.1 Å². The van der Waals surface area contributed by atoms with Crippen LogP contribution in [0, 0.1) is 0 Å². The molecule has 2 aromatic carbocycles. The number of fused-ring (bicyclic) bond motifs is 1. The fourth-order valence-corrected chi connectivity index (χ4v) is 3.49. The highest BCUT2D eigenvalue weighted by atomic mass is 35.5. The van der Waals surface area contributed by atoms with Crippen LogP contribution in [0.4, 0.5) is 5.69 Å². The van der Waals surface area contributed by atoms with E-state index in [0.29, 0.717) is 20.5 Å². The monoisotopic (exact) mass is 335 g/mol. The molecule has 0 bridgehead atoms. The maximum Gasteiger partial charge on any atom is 0.201 e. The summed E-state index contributed by atoms with van der Waals surface area (Å²) in [5.41, 5.74) is 2.43. The molecule has 1 aliphatic rings. The second-order valence-electron chi connectivity index (χ2n) is 4.66. The van der Waals surface area contributed by atoms with Crippen molar-refractivity contribution in [2.75, 3.05) is 5.32 Å². The van der Waals surface area contributed by atoms with Gasteiger partial charge in [0.1, 0.15) is 0 Å². The highest BCUT2D eigenvalue weighted by Gasteiger charge is 2.22. The molecule has 2 nitrogen and oxygen atoms in total. The number of rotatable bonds is 2. The van der Waals surface area contributed by atoms with Crippen LogP contribution in [0.15, 0.2) is 58.0 Å². The van der Waals surface area contributed by atoms with Crippen LogP contribution < -0.4 is 5.32 Å². The standard InChI is InChI=1S/C16H11Cl2NOS/c1-9-16(15(20)10-2-4-11(17)5-3-10)21-14-8-12(18)6-7-13(14)19-9/h2-8,19H,1H3. The largest absolute Gasteiger partial charge is 0.357 e. The summed E-state index contributed by atoms with van der Waals surface area (Å²) in [6.45, 7) is 1.90. The zero-order valence-corrected chi connectivity index (χ0v) is 13.4. The molecule has 0 aromatic heterocycles. The predicted octanol–water partition coefficient (Wildman–Crippen LogP) is 5.63. The van der Waals surface area contributed by atoms with Crippen molar-refractivity contribution >= 4 is 46.4 Å². The van der Waals surface area contributed by atoms with Crippen LogP contribution in [-0.4, -0.2) is 5.78 Å². The summed E-state index contributed by atoms with van der Waals surface area (Å²) in [5, 5.41) is 4.52. The van der Waals surface area contributed by atoms with E-state index in [0.717, 1.165) is 16.3 Å². The fourth-order valence-electron chi connectivity index (χ4n) is 2.08. The van der Waals surface area contributed by atoms with Gasteiger partial charge in [-0.3, -0.25) is 4.79 Å². The summed E-state index contributed by atoms with van der Waals surface area (Å²) in [6, 6.07) is 12.5. The molecule has 2 aromatic rings. The second-order valence-corrected chi connectivity index (χ2v) is 6.58. The molecule has 0 spiro atoms. The van der Waals surface area contributed by atoms with Gasteiger partial charge in [0.05, 0.1) is 10.6 Å². The van der Waals surface area contributed by atoms with Crippen molar-refractivity contribution in [1.82, 2.24) is 0 Å². The Hall–Kier alpha value is -1.42. The molecule has 0 fully saturated rings. The molecule has 1 N–H and O–H groups in total. The molecule has 0 saturated heterocycles. The van der Waals surface area contributed by atoms with Crippen LogP contribution in [0.1, 0.15) is 17.3 Å². The number of carbonyl (C=O) groups is 1. The predicted molar refractivity (Wildman–Crippen MR) is 89.4 cm³/mol. The van der Waals surface area contributed by atoms with Crippen LogP contribution in [-0.2, 0) is 0 Å². The lowest BCUT2D eigenvalue weighted by molar-refractivity contribution is 0.104. The third-order valence-corrected chi connectivity index (χ3v) is 4.87. The van der Waals surface area contributed by atoms with Crippen molar-refractivity contribution in [3.8, 4) is 0 Å². The Balaban J connectivity index is 1.95. The number of anilines is 1. The van der Waals surface area contributed by atoms with E-state index in [-0.39, 0.29) is 5.78 Å². The SMILES string of the molecule is CC1=C(C(=O)c2ccc(Cl)cc2)Sc2cc(Cl)ccc2N1. The zero-order chi connectivity index (χ0) is 15.0. The van der Waals surface area contributed by atoms with E-state index < -0.39 is 0 Å². The number of thioether (sulfide) groups is 1. The van der Waals surface area contributed by atoms with Gasteiger partial charge in [0.15, 0.2) is 0 Å². The quantitative estimate of drug-likeness (QED) is 0.721. The fraction of sp³-hybridized carbons (Fsp3) is 0.0625. The third kappa shape index (κ3) is 2.95. The first kappa shape index (κ1) is 14.5. The number of ketones is 1. The molecule has 0 radical (unpaired) electrons. The Bertz CT molecular complexity index is 753. The normalized spacial score (nSPS) is 13.7. The smallest absolute Gasteiger partial charge is 0.201 e. The van der Waals surface area contributed by atoms with Crippen molar-refractivity contribution in [1.29, 1.82) is 0 Å². The van der Waals surface area contributed by atoms with Gasteiger partial charge >= 0.3 is 0 Å². The molecule has 3 rings (SSSR count). The van der Waals surface area contributed by atoms with E-state index in [2.05, 4.69) is 5.32 Å². The number of halogens is 2. The lowest BCUT2D eigenvalue weighted by atomic mass is 10.1. The van der Waals surface area contributed by atoms with E-state index in [9.17, 15) is 4.79 Å². The molecule has 0 aliphatic carbocycles. The molecule has 5 heteroatoms. The summed E-state index contributed by atoms with van der Waals surface area (Å²) in [6.07, 6.45) is 0. The summed E-state index contributed by atoms with van der Waals surface area (Å²) in [4.78, 5) is 14.2. The van der Waals surface area contributed by atoms with Crippen molar-refractivity contribution in [3.05, 3.63) is 68.7 Å². The van der Waals surface area contributed by atoms with Gasteiger partial charge in [-0.05, 0) is 49.4 Å². The minimum absolute atomic E-state index is 0.0210. The summed E-state index contributed by atoms with van der Waals surface area (Å²) in [7, 11) is 0. The molecule has 106 valence electrons. The van der Waals surface area contributed by atoms with Crippen molar-refractivity contribution in [3.63, 3.8) is 0 Å². The molecule has 0 atom stereocenters. The number of hydrogen-bond acceptors (Lipinski definition) is 3. The number of benzene rings is 2. The van der Waals surface area contributed by atoms with Crippen LogP contribution in [0.25, 0.3) is 0 Å². The first-order valence-electron chi connectivity index (χ1n) is 6.30. The molecule has 1 aliphatic heterocycles. The van der Waals surface area contributed by atoms with E-state index in [4.69, 9.17) is 23.2 Å². The van der Waals surface area contributed by atoms with Crippen LogP contribution in [0.3, 0.4) is 0 Å². The molecular formula is C16H11Cl2NOS. The highest BCUT2D eigenvalue weighted by Crippen LogP contribution is 2.42. The van der Waals surface area contributed by atoms with Crippen molar-refractivity contribution in [2.24, 2.45) is 0 Å². The molecule has 0 unspecified atom stereocenters. The van der Waals surface area contributed by atoms with E-state index in [1.165, 1.54) is 11.8 Å². The van der Waals surface area contributed by atoms with Crippen LogP contribution in [0.5, 0.6) is 0 Å². The molecule has 0 amide bonds. The lowest BCUT2D eigenvalue weighted by Crippen LogP contribution is -2.12. The lowest BCUT2D eigenvalue weighted by Gasteiger charge is -2.21. The highest BCUT2D eigenvalue weighted by molar-refractivity contribution is 8.04. The molecule has 0 saturated carbocycles. The third-order valence-electron chi connectivity index (χ3n) is 3.13. The number of Topliss-reactive ketones (excluding diaryl/α,β-unsaturated/α-hetero) is 1. The number of allylic oxidation sites excluding steroid dienone is 2. The van der Waals surface area contributed by atoms with E-state index >= 15 is 0 Å². The number of nitrogens with one attached hydrogen (secondary N) is 1. The maximum atomic E-state index is 12.6. The number of carbonyl (C=O) groups excluding carboxylic acids is 1. The average Bonchev–Trinajstić information content (AvgIpc) is 2.47. The van der Waals surface area contributed by atoms with Gasteiger partial charge in [-0.2, -0.15) is 0 Å². The first-order chi connectivity index (χ1) is 10.0. The van der Waals surface area contributed by atoms with Gasteiger partial charge in [-0.15, -0.1) is 0 Å². The van der Waals surface area contributed by atoms with Crippen molar-refractivity contribution in [2.45, 2.75) is 11.8 Å². The zero-order valence-electron chi connectivity index (χ0n) is 11.1. The summed E-state index contributed by atoms with van der Waals surface area (Å²) >= 11 is 13.3. The Kier molecular flexibility index (Phi) is 3.98. The van der Waals surface area contributed by atoms with Crippen molar-refractivity contribution < 1.29 is 4.79 Å². The second kappa shape index (κ2) is 5.76. The van der Waals surface area contributed by atoms with Gasteiger partial charge in [-0.25, -0.2) is 0 Å². The van der Waals surface area contributed by atoms with Gasteiger partial charge in [-0.1, -0.05) is 35.0 Å². The van der Waals surface area contributed by atoms with Gasteiger partial charge < -0.3 is 5.32 Å². The molecule has 21 heavy (non-hydrogen) atoms. The van der Waals surface area contributed by atoms with Crippen LogP contribution >= 0.6 is 35.0 Å². The Labute approximate surface area is 137 Å². The minimum Gasteiger partial charge on any atom is -0.357 e. The van der Waals surface area contributed by atoms with Gasteiger partial charge in [0.2, 0.25) is 5.78 Å².